The third-order valence-corrected chi connectivity index (χ3v) is 3.51. The molecule has 0 heterocycles. The summed E-state index contributed by atoms with van der Waals surface area (Å²) in [6.45, 7) is 1.70. The number of amides is 1. The number of halogens is 3. The molecule has 0 aliphatic carbocycles. The van der Waals surface area contributed by atoms with Gasteiger partial charge in [0.05, 0.1) is 23.7 Å². The van der Waals surface area contributed by atoms with Gasteiger partial charge in [-0.25, -0.2) is 8.78 Å². The monoisotopic (exact) mass is 325 g/mol. The lowest BCUT2D eigenvalue weighted by atomic mass is 10.1. The zero-order valence-corrected chi connectivity index (χ0v) is 12.7. The van der Waals surface area contributed by atoms with Gasteiger partial charge >= 0.3 is 0 Å². The van der Waals surface area contributed by atoms with E-state index in [1.807, 2.05) is 0 Å². The van der Waals surface area contributed by atoms with Gasteiger partial charge in [0.1, 0.15) is 5.82 Å². The van der Waals surface area contributed by atoms with E-state index in [4.69, 9.17) is 16.3 Å². The van der Waals surface area contributed by atoms with Crippen molar-refractivity contribution in [2.45, 2.75) is 13.0 Å². The molecule has 0 unspecified atom stereocenters. The SMILES string of the molecule is COc1ccc([C@@H](C)NC(=O)c2ccc(F)cc2Cl)cc1F. The predicted octanol–water partition coefficient (Wildman–Crippen LogP) is 4.12. The number of ether oxygens (including phenoxy) is 1. The van der Waals surface area contributed by atoms with Crippen LogP contribution in [0.5, 0.6) is 5.75 Å². The summed E-state index contributed by atoms with van der Waals surface area (Å²) in [6, 6.07) is 7.49. The molecule has 116 valence electrons. The molecular weight excluding hydrogens is 312 g/mol. The van der Waals surface area contributed by atoms with Gasteiger partial charge in [-0.15, -0.1) is 0 Å². The molecule has 0 aromatic heterocycles. The molecule has 22 heavy (non-hydrogen) atoms. The largest absolute Gasteiger partial charge is 0.494 e. The van der Waals surface area contributed by atoms with Gasteiger partial charge in [0.15, 0.2) is 11.6 Å². The minimum Gasteiger partial charge on any atom is -0.494 e. The van der Waals surface area contributed by atoms with Crippen molar-refractivity contribution in [1.82, 2.24) is 5.32 Å². The number of rotatable bonds is 4. The summed E-state index contributed by atoms with van der Waals surface area (Å²) in [5.74, 6) is -1.37. The molecular formula is C16H14ClF2NO2. The van der Waals surface area contributed by atoms with Crippen LogP contribution in [0.1, 0.15) is 28.9 Å². The van der Waals surface area contributed by atoms with Crippen LogP contribution in [-0.2, 0) is 0 Å². The number of benzene rings is 2. The van der Waals surface area contributed by atoms with E-state index < -0.39 is 23.6 Å². The topological polar surface area (TPSA) is 38.3 Å². The minimum absolute atomic E-state index is 0.0191. The fourth-order valence-electron chi connectivity index (χ4n) is 1.98. The van der Waals surface area contributed by atoms with Gasteiger partial charge in [0.25, 0.3) is 5.91 Å². The Morgan fingerprint density at radius 1 is 1.23 bits per heavy atom. The fraction of sp³-hybridized carbons (Fsp3) is 0.188. The van der Waals surface area contributed by atoms with Crippen LogP contribution in [-0.4, -0.2) is 13.0 Å². The van der Waals surface area contributed by atoms with E-state index in [-0.39, 0.29) is 16.3 Å². The molecule has 1 N–H and O–H groups in total. The van der Waals surface area contributed by atoms with Gasteiger partial charge in [-0.3, -0.25) is 4.79 Å². The molecule has 2 aromatic carbocycles. The van der Waals surface area contributed by atoms with E-state index in [9.17, 15) is 13.6 Å². The highest BCUT2D eigenvalue weighted by Crippen LogP contribution is 2.23. The zero-order chi connectivity index (χ0) is 16.3. The van der Waals surface area contributed by atoms with E-state index in [1.54, 1.807) is 13.0 Å². The number of hydrogen-bond donors (Lipinski definition) is 1. The first kappa shape index (κ1) is 16.2. The standard InChI is InChI=1S/C16H14ClF2NO2/c1-9(10-3-6-15(22-2)14(19)7-10)20-16(21)12-5-4-11(18)8-13(12)17/h3-9H,1-2H3,(H,20,21)/t9-/m1/s1. The summed E-state index contributed by atoms with van der Waals surface area (Å²) >= 11 is 5.84. The first-order chi connectivity index (χ1) is 10.4. The highest BCUT2D eigenvalue weighted by Gasteiger charge is 2.16. The van der Waals surface area contributed by atoms with E-state index in [2.05, 4.69) is 5.32 Å². The van der Waals surface area contributed by atoms with Crippen molar-refractivity contribution in [2.75, 3.05) is 7.11 Å². The Hall–Kier alpha value is -2.14. The molecule has 0 fully saturated rings. The molecule has 0 saturated heterocycles. The van der Waals surface area contributed by atoms with Gasteiger partial charge in [-0.1, -0.05) is 17.7 Å². The number of hydrogen-bond acceptors (Lipinski definition) is 2. The first-order valence-corrected chi connectivity index (χ1v) is 6.89. The Morgan fingerprint density at radius 2 is 1.95 bits per heavy atom. The quantitative estimate of drug-likeness (QED) is 0.918. The Balaban J connectivity index is 2.15. The molecule has 6 heteroatoms. The van der Waals surface area contributed by atoms with Gasteiger partial charge in [-0.05, 0) is 42.8 Å². The molecule has 0 radical (unpaired) electrons. The molecule has 0 aliphatic heterocycles. The second kappa shape index (κ2) is 6.75. The lowest BCUT2D eigenvalue weighted by molar-refractivity contribution is 0.0940. The van der Waals surface area contributed by atoms with Crippen LogP contribution in [0, 0.1) is 11.6 Å². The highest BCUT2D eigenvalue weighted by atomic mass is 35.5. The van der Waals surface area contributed by atoms with Gasteiger partial charge in [-0.2, -0.15) is 0 Å². The molecule has 2 rings (SSSR count). The molecule has 0 saturated carbocycles. The van der Waals surface area contributed by atoms with Crippen LogP contribution in [0.4, 0.5) is 8.78 Å². The van der Waals surface area contributed by atoms with Crippen molar-refractivity contribution in [3.05, 3.63) is 64.2 Å². The van der Waals surface area contributed by atoms with Crippen LogP contribution >= 0.6 is 11.6 Å². The van der Waals surface area contributed by atoms with Crippen molar-refractivity contribution >= 4 is 17.5 Å². The van der Waals surface area contributed by atoms with Crippen molar-refractivity contribution in [3.63, 3.8) is 0 Å². The molecule has 0 aliphatic rings. The molecule has 0 bridgehead atoms. The summed E-state index contributed by atoms with van der Waals surface area (Å²) in [4.78, 5) is 12.1. The predicted molar refractivity (Wildman–Crippen MR) is 80.2 cm³/mol. The number of carbonyl (C=O) groups is 1. The molecule has 0 spiro atoms. The summed E-state index contributed by atoms with van der Waals surface area (Å²) in [5.41, 5.74) is 0.730. The smallest absolute Gasteiger partial charge is 0.253 e. The molecule has 1 amide bonds. The lowest BCUT2D eigenvalue weighted by Gasteiger charge is -2.16. The van der Waals surface area contributed by atoms with E-state index >= 15 is 0 Å². The fourth-order valence-corrected chi connectivity index (χ4v) is 2.24. The van der Waals surface area contributed by atoms with Crippen molar-refractivity contribution in [3.8, 4) is 5.75 Å². The van der Waals surface area contributed by atoms with Crippen LogP contribution in [0.2, 0.25) is 5.02 Å². The summed E-state index contributed by atoms with van der Waals surface area (Å²) in [5, 5.41) is 2.70. The maximum atomic E-state index is 13.7. The Kier molecular flexibility index (Phi) is 4.98. The van der Waals surface area contributed by atoms with Crippen LogP contribution in [0.15, 0.2) is 36.4 Å². The van der Waals surface area contributed by atoms with Gasteiger partial charge < -0.3 is 10.1 Å². The van der Waals surface area contributed by atoms with Crippen LogP contribution in [0.25, 0.3) is 0 Å². The molecule has 3 nitrogen and oxygen atoms in total. The van der Waals surface area contributed by atoms with E-state index in [0.717, 1.165) is 12.1 Å². The zero-order valence-electron chi connectivity index (χ0n) is 12.0. The lowest BCUT2D eigenvalue weighted by Crippen LogP contribution is -2.27. The minimum atomic E-state index is -0.521. The summed E-state index contributed by atoms with van der Waals surface area (Å²) in [6.07, 6.45) is 0. The Bertz CT molecular complexity index is 707. The summed E-state index contributed by atoms with van der Waals surface area (Å²) < 4.78 is 31.5. The van der Waals surface area contributed by atoms with Crippen molar-refractivity contribution in [2.24, 2.45) is 0 Å². The normalized spacial score (nSPS) is 11.9. The van der Waals surface area contributed by atoms with Gasteiger partial charge in [0.2, 0.25) is 0 Å². The first-order valence-electron chi connectivity index (χ1n) is 6.51. The molecule has 1 atom stereocenters. The second-order valence-corrected chi connectivity index (χ2v) is 5.12. The maximum Gasteiger partial charge on any atom is 0.253 e. The average Bonchev–Trinajstić information content (AvgIpc) is 2.46. The third kappa shape index (κ3) is 3.54. The maximum absolute atomic E-state index is 13.7. The number of nitrogens with one attached hydrogen (secondary N) is 1. The average molecular weight is 326 g/mol. The van der Waals surface area contributed by atoms with Gasteiger partial charge in [0, 0.05) is 0 Å². The summed E-state index contributed by atoms with van der Waals surface area (Å²) in [7, 11) is 1.37. The third-order valence-electron chi connectivity index (χ3n) is 3.20. The Morgan fingerprint density at radius 3 is 2.55 bits per heavy atom. The second-order valence-electron chi connectivity index (χ2n) is 4.71. The highest BCUT2D eigenvalue weighted by molar-refractivity contribution is 6.33. The number of carbonyl (C=O) groups excluding carboxylic acids is 1. The Labute approximate surface area is 131 Å². The number of methoxy groups -OCH3 is 1. The van der Waals surface area contributed by atoms with Crippen molar-refractivity contribution in [1.29, 1.82) is 0 Å². The van der Waals surface area contributed by atoms with Crippen molar-refractivity contribution < 1.29 is 18.3 Å². The molecule has 2 aromatic rings. The van der Waals surface area contributed by atoms with Crippen LogP contribution in [0.3, 0.4) is 0 Å². The van der Waals surface area contributed by atoms with Crippen LogP contribution < -0.4 is 10.1 Å². The van der Waals surface area contributed by atoms with E-state index in [0.29, 0.717) is 5.56 Å². The van der Waals surface area contributed by atoms with E-state index in [1.165, 1.54) is 25.3 Å².